The Balaban J connectivity index is 2.88. The van der Waals surface area contributed by atoms with E-state index in [0.717, 1.165) is 0 Å². The Hall–Kier alpha value is -2.44. The molecule has 3 N–H and O–H groups in total. The van der Waals surface area contributed by atoms with E-state index in [4.69, 9.17) is 5.11 Å². The first-order valence-corrected chi connectivity index (χ1v) is 6.88. The molecule has 0 unspecified atom stereocenters. The molecule has 2 amide bonds. The fraction of sp³-hybridized carbons (Fsp3) is 0.400. The second-order valence-electron chi connectivity index (χ2n) is 4.86. The molecule has 7 heteroatoms. The van der Waals surface area contributed by atoms with Crippen molar-refractivity contribution >= 4 is 17.8 Å². The molecule has 1 aromatic rings. The molecule has 0 aromatic heterocycles. The molecule has 120 valence electrons. The van der Waals surface area contributed by atoms with Gasteiger partial charge in [-0.1, -0.05) is 25.1 Å². The Morgan fingerprint density at radius 1 is 1.18 bits per heavy atom. The molecule has 6 nitrogen and oxygen atoms in total. The third-order valence-electron chi connectivity index (χ3n) is 3.10. The van der Waals surface area contributed by atoms with E-state index in [1.807, 2.05) is 0 Å². The second kappa shape index (κ2) is 8.11. The summed E-state index contributed by atoms with van der Waals surface area (Å²) in [6.45, 7) is 2.85. The Morgan fingerprint density at radius 2 is 1.82 bits per heavy atom. The number of benzene rings is 1. The lowest BCUT2D eigenvalue weighted by Gasteiger charge is -2.20. The van der Waals surface area contributed by atoms with Crippen molar-refractivity contribution in [2.75, 3.05) is 0 Å². The molecule has 0 bridgehead atoms. The number of carboxylic acids is 1. The van der Waals surface area contributed by atoms with Gasteiger partial charge in [0.2, 0.25) is 11.8 Å². The number of halogens is 1. The van der Waals surface area contributed by atoms with Crippen LogP contribution in [0.2, 0.25) is 0 Å². The van der Waals surface area contributed by atoms with Gasteiger partial charge < -0.3 is 15.7 Å². The van der Waals surface area contributed by atoms with Gasteiger partial charge in [-0.15, -0.1) is 0 Å². The lowest BCUT2D eigenvalue weighted by molar-refractivity contribution is -0.142. The van der Waals surface area contributed by atoms with Crippen molar-refractivity contribution in [1.82, 2.24) is 10.6 Å². The van der Waals surface area contributed by atoms with Gasteiger partial charge in [0.25, 0.3) is 0 Å². The highest BCUT2D eigenvalue weighted by Crippen LogP contribution is 2.10. The molecule has 22 heavy (non-hydrogen) atoms. The van der Waals surface area contributed by atoms with Gasteiger partial charge in [0, 0.05) is 13.3 Å². The Morgan fingerprint density at radius 3 is 2.32 bits per heavy atom. The third kappa shape index (κ3) is 5.16. The quantitative estimate of drug-likeness (QED) is 0.696. The number of hydrogen-bond acceptors (Lipinski definition) is 3. The van der Waals surface area contributed by atoms with Gasteiger partial charge in [0.1, 0.15) is 17.9 Å². The van der Waals surface area contributed by atoms with Crippen molar-refractivity contribution in [2.45, 2.75) is 38.8 Å². The van der Waals surface area contributed by atoms with Crippen molar-refractivity contribution in [3.63, 3.8) is 0 Å². The van der Waals surface area contributed by atoms with E-state index in [-0.39, 0.29) is 18.4 Å². The monoisotopic (exact) mass is 310 g/mol. The molecular formula is C15H19FN2O4. The molecule has 2 atom stereocenters. The van der Waals surface area contributed by atoms with E-state index in [2.05, 4.69) is 10.6 Å². The summed E-state index contributed by atoms with van der Waals surface area (Å²) in [6.07, 6.45) is 0.141. The Labute approximate surface area is 127 Å². The molecule has 0 aliphatic heterocycles. The maximum absolute atomic E-state index is 13.7. The predicted molar refractivity (Wildman–Crippen MR) is 77.6 cm³/mol. The number of amides is 2. The zero-order valence-corrected chi connectivity index (χ0v) is 12.4. The molecule has 0 spiro atoms. The SMILES string of the molecule is CC[C@H](NC(=O)[C@@H](Cc1ccccc1F)NC(C)=O)C(=O)O. The topological polar surface area (TPSA) is 95.5 Å². The number of nitrogens with one attached hydrogen (secondary N) is 2. The summed E-state index contributed by atoms with van der Waals surface area (Å²) in [4.78, 5) is 34.3. The fourth-order valence-electron chi connectivity index (χ4n) is 1.95. The lowest BCUT2D eigenvalue weighted by atomic mass is 10.0. The third-order valence-corrected chi connectivity index (χ3v) is 3.10. The van der Waals surface area contributed by atoms with Crippen LogP contribution < -0.4 is 10.6 Å². The van der Waals surface area contributed by atoms with E-state index in [1.54, 1.807) is 13.0 Å². The fourth-order valence-corrected chi connectivity index (χ4v) is 1.95. The van der Waals surface area contributed by atoms with Crippen LogP contribution in [0, 0.1) is 5.82 Å². The summed E-state index contributed by atoms with van der Waals surface area (Å²) < 4.78 is 13.7. The minimum Gasteiger partial charge on any atom is -0.480 e. The molecule has 0 aliphatic rings. The summed E-state index contributed by atoms with van der Waals surface area (Å²) in [6, 6.07) is 3.81. The molecule has 0 heterocycles. The molecule has 0 aliphatic carbocycles. The lowest BCUT2D eigenvalue weighted by Crippen LogP contribution is -2.52. The van der Waals surface area contributed by atoms with Gasteiger partial charge in [-0.2, -0.15) is 0 Å². The predicted octanol–water partition coefficient (Wildman–Crippen LogP) is 0.852. The minimum atomic E-state index is -1.16. The van der Waals surface area contributed by atoms with Crippen molar-refractivity contribution in [1.29, 1.82) is 0 Å². The number of rotatable bonds is 7. The first-order chi connectivity index (χ1) is 10.3. The van der Waals surface area contributed by atoms with Gasteiger partial charge in [0.15, 0.2) is 0 Å². The van der Waals surface area contributed by atoms with Crippen LogP contribution in [-0.2, 0) is 20.8 Å². The van der Waals surface area contributed by atoms with E-state index in [0.29, 0.717) is 0 Å². The summed E-state index contributed by atoms with van der Waals surface area (Å²) in [5.74, 6) is -2.77. The van der Waals surface area contributed by atoms with E-state index in [9.17, 15) is 18.8 Å². The van der Waals surface area contributed by atoms with Crippen LogP contribution in [0.3, 0.4) is 0 Å². The smallest absolute Gasteiger partial charge is 0.326 e. The second-order valence-corrected chi connectivity index (χ2v) is 4.86. The summed E-state index contributed by atoms with van der Waals surface area (Å²) >= 11 is 0. The number of hydrogen-bond donors (Lipinski definition) is 3. The average molecular weight is 310 g/mol. The summed E-state index contributed by atoms with van der Waals surface area (Å²) in [7, 11) is 0. The molecular weight excluding hydrogens is 291 g/mol. The van der Waals surface area contributed by atoms with Crippen LogP contribution in [0.15, 0.2) is 24.3 Å². The normalized spacial score (nSPS) is 13.0. The standard InChI is InChI=1S/C15H19FN2O4/c1-3-12(15(21)22)18-14(20)13(17-9(2)19)8-10-6-4-5-7-11(10)16/h4-7,12-13H,3,8H2,1-2H3,(H,17,19)(H,18,20)(H,21,22)/t12-,13+/m0/s1. The van der Waals surface area contributed by atoms with E-state index < -0.39 is 35.7 Å². The molecule has 1 aromatic carbocycles. The highest BCUT2D eigenvalue weighted by Gasteiger charge is 2.25. The number of carboxylic acid groups (broad SMARTS) is 1. The van der Waals surface area contributed by atoms with Crippen molar-refractivity contribution in [2.24, 2.45) is 0 Å². The molecule has 0 saturated carbocycles. The van der Waals surface area contributed by atoms with Gasteiger partial charge >= 0.3 is 5.97 Å². The number of aliphatic carboxylic acids is 1. The Kier molecular flexibility index (Phi) is 6.49. The van der Waals surface area contributed by atoms with E-state index >= 15 is 0 Å². The van der Waals surface area contributed by atoms with E-state index in [1.165, 1.54) is 25.1 Å². The summed E-state index contributed by atoms with van der Waals surface area (Å²) in [5, 5.41) is 13.7. The van der Waals surface area contributed by atoms with Gasteiger partial charge in [-0.3, -0.25) is 9.59 Å². The van der Waals surface area contributed by atoms with Crippen LogP contribution in [0.4, 0.5) is 4.39 Å². The van der Waals surface area contributed by atoms with Gasteiger partial charge in [0.05, 0.1) is 0 Å². The molecule has 0 saturated heterocycles. The highest BCUT2D eigenvalue weighted by molar-refractivity contribution is 5.90. The first kappa shape index (κ1) is 17.6. The van der Waals surface area contributed by atoms with Gasteiger partial charge in [-0.25, -0.2) is 9.18 Å². The van der Waals surface area contributed by atoms with Gasteiger partial charge in [-0.05, 0) is 18.1 Å². The Bertz CT molecular complexity index is 562. The van der Waals surface area contributed by atoms with Crippen LogP contribution >= 0.6 is 0 Å². The minimum absolute atomic E-state index is 0.0614. The number of carbonyl (C=O) groups is 3. The van der Waals surface area contributed by atoms with Crippen molar-refractivity contribution in [3.8, 4) is 0 Å². The largest absolute Gasteiger partial charge is 0.480 e. The zero-order chi connectivity index (χ0) is 16.7. The maximum atomic E-state index is 13.7. The summed E-state index contributed by atoms with van der Waals surface area (Å²) in [5.41, 5.74) is 0.264. The molecule has 1 rings (SSSR count). The van der Waals surface area contributed by atoms with Crippen LogP contribution in [-0.4, -0.2) is 35.0 Å². The van der Waals surface area contributed by atoms with Crippen molar-refractivity contribution < 1.29 is 23.9 Å². The first-order valence-electron chi connectivity index (χ1n) is 6.88. The zero-order valence-electron chi connectivity index (χ0n) is 12.4. The van der Waals surface area contributed by atoms with Crippen molar-refractivity contribution in [3.05, 3.63) is 35.6 Å². The molecule has 0 fully saturated rings. The van der Waals surface area contributed by atoms with Crippen LogP contribution in [0.1, 0.15) is 25.8 Å². The molecule has 0 radical (unpaired) electrons. The maximum Gasteiger partial charge on any atom is 0.326 e. The highest BCUT2D eigenvalue weighted by atomic mass is 19.1. The number of carbonyl (C=O) groups excluding carboxylic acids is 2. The van der Waals surface area contributed by atoms with Crippen LogP contribution in [0.25, 0.3) is 0 Å². The average Bonchev–Trinajstić information content (AvgIpc) is 2.45. The van der Waals surface area contributed by atoms with Crippen LogP contribution in [0.5, 0.6) is 0 Å².